The van der Waals surface area contributed by atoms with Gasteiger partial charge in [0, 0.05) is 68.1 Å². The summed E-state index contributed by atoms with van der Waals surface area (Å²) in [6.07, 6.45) is 7.18. The first kappa shape index (κ1) is 19.6. The molecule has 0 saturated carbocycles. The molecule has 0 atom stereocenters. The standard InChI is InChI=1S/C21H22N8OS/c1-27-3-5-29(6-4-27)21-25-18(13-31-21)20(30)26-19-8-14-7-17(16-11-24-28(2)12-16)22-9-15(14)10-23-19/h7-13H,3-6H2,1-2H3,(H,23,26,30). The van der Waals surface area contributed by atoms with Crippen LogP contribution in [0.5, 0.6) is 0 Å². The normalized spacial score (nSPS) is 14.8. The van der Waals surface area contributed by atoms with Gasteiger partial charge in [0.1, 0.15) is 11.5 Å². The second kappa shape index (κ2) is 8.05. The van der Waals surface area contributed by atoms with E-state index in [1.807, 2.05) is 25.4 Å². The first-order chi connectivity index (χ1) is 15.0. The molecule has 9 nitrogen and oxygen atoms in total. The number of anilines is 2. The van der Waals surface area contributed by atoms with E-state index in [1.54, 1.807) is 28.7 Å². The number of nitrogens with one attached hydrogen (secondary N) is 1. The van der Waals surface area contributed by atoms with Crippen molar-refractivity contribution >= 4 is 39.0 Å². The van der Waals surface area contributed by atoms with Crippen LogP contribution in [0.3, 0.4) is 0 Å². The summed E-state index contributed by atoms with van der Waals surface area (Å²) in [5.74, 6) is 0.222. The van der Waals surface area contributed by atoms with Gasteiger partial charge in [-0.25, -0.2) is 9.97 Å². The summed E-state index contributed by atoms with van der Waals surface area (Å²) in [5.41, 5.74) is 2.16. The lowest BCUT2D eigenvalue weighted by atomic mass is 10.1. The number of nitrogens with zero attached hydrogens (tertiary/aromatic N) is 7. The van der Waals surface area contributed by atoms with Crippen LogP contribution in [0.15, 0.2) is 42.3 Å². The van der Waals surface area contributed by atoms with Gasteiger partial charge in [0.15, 0.2) is 5.13 Å². The van der Waals surface area contributed by atoms with Crippen molar-refractivity contribution in [2.24, 2.45) is 7.05 Å². The molecule has 0 aromatic carbocycles. The van der Waals surface area contributed by atoms with E-state index < -0.39 is 0 Å². The maximum Gasteiger partial charge on any atom is 0.276 e. The Labute approximate surface area is 183 Å². The maximum atomic E-state index is 12.7. The summed E-state index contributed by atoms with van der Waals surface area (Å²) in [7, 11) is 3.99. The van der Waals surface area contributed by atoms with Gasteiger partial charge in [-0.1, -0.05) is 0 Å². The first-order valence-corrected chi connectivity index (χ1v) is 10.9. The van der Waals surface area contributed by atoms with Gasteiger partial charge >= 0.3 is 0 Å². The van der Waals surface area contributed by atoms with Crippen LogP contribution in [0, 0.1) is 0 Å². The van der Waals surface area contributed by atoms with Gasteiger partial charge in [0.25, 0.3) is 5.91 Å². The lowest BCUT2D eigenvalue weighted by Gasteiger charge is -2.32. The molecule has 1 saturated heterocycles. The molecule has 0 spiro atoms. The summed E-state index contributed by atoms with van der Waals surface area (Å²) in [4.78, 5) is 30.6. The molecule has 0 unspecified atom stereocenters. The minimum atomic E-state index is -0.259. The van der Waals surface area contributed by atoms with Crippen LogP contribution >= 0.6 is 11.3 Å². The number of hydrogen-bond donors (Lipinski definition) is 1. The number of amides is 1. The van der Waals surface area contributed by atoms with Crippen molar-refractivity contribution in [3.63, 3.8) is 0 Å². The molecule has 1 aliphatic rings. The zero-order chi connectivity index (χ0) is 21.4. The number of carbonyl (C=O) groups excluding carboxylic acids is 1. The number of carbonyl (C=O) groups is 1. The predicted molar refractivity (Wildman–Crippen MR) is 122 cm³/mol. The first-order valence-electron chi connectivity index (χ1n) is 10.0. The third-order valence-corrected chi connectivity index (χ3v) is 6.25. The van der Waals surface area contributed by atoms with Crippen LogP contribution in [0.2, 0.25) is 0 Å². The van der Waals surface area contributed by atoms with E-state index in [1.165, 1.54) is 11.3 Å². The molecule has 31 heavy (non-hydrogen) atoms. The third kappa shape index (κ3) is 4.12. The molecule has 1 amide bonds. The van der Waals surface area contributed by atoms with Crippen LogP contribution in [0.25, 0.3) is 22.0 Å². The second-order valence-corrected chi connectivity index (χ2v) is 8.49. The molecule has 10 heteroatoms. The summed E-state index contributed by atoms with van der Waals surface area (Å²) in [5, 5.41) is 11.6. The van der Waals surface area contributed by atoms with Gasteiger partial charge in [-0.15, -0.1) is 11.3 Å². The van der Waals surface area contributed by atoms with E-state index in [0.29, 0.717) is 11.5 Å². The number of likely N-dealkylation sites (N-methyl/N-ethyl adjacent to an activating group) is 1. The minimum absolute atomic E-state index is 0.259. The molecule has 1 aliphatic heterocycles. The zero-order valence-corrected chi connectivity index (χ0v) is 18.1. The largest absolute Gasteiger partial charge is 0.346 e. The Hall–Kier alpha value is -3.37. The number of aromatic nitrogens is 5. The number of thiazole rings is 1. The molecule has 0 radical (unpaired) electrons. The molecule has 0 bridgehead atoms. The topological polar surface area (TPSA) is 92.1 Å². The van der Waals surface area contributed by atoms with Crippen LogP contribution in [-0.4, -0.2) is 68.8 Å². The number of piperazine rings is 1. The summed E-state index contributed by atoms with van der Waals surface area (Å²) >= 11 is 1.50. The van der Waals surface area contributed by atoms with E-state index in [9.17, 15) is 4.79 Å². The van der Waals surface area contributed by atoms with Crippen molar-refractivity contribution in [2.45, 2.75) is 0 Å². The van der Waals surface area contributed by atoms with Gasteiger partial charge in [-0.05, 0) is 24.6 Å². The molecule has 158 valence electrons. The van der Waals surface area contributed by atoms with Crippen molar-refractivity contribution in [3.05, 3.63) is 48.0 Å². The summed E-state index contributed by atoms with van der Waals surface area (Å²) in [6.45, 7) is 3.84. The molecular weight excluding hydrogens is 412 g/mol. The second-order valence-electron chi connectivity index (χ2n) is 7.65. The minimum Gasteiger partial charge on any atom is -0.346 e. The van der Waals surface area contributed by atoms with E-state index in [0.717, 1.165) is 53.3 Å². The van der Waals surface area contributed by atoms with Crippen molar-refractivity contribution in [1.29, 1.82) is 0 Å². The molecular formula is C21H22N8OS. The highest BCUT2D eigenvalue weighted by atomic mass is 32.1. The highest BCUT2D eigenvalue weighted by Crippen LogP contribution is 2.24. The lowest BCUT2D eigenvalue weighted by molar-refractivity contribution is 0.102. The Morgan fingerprint density at radius 3 is 2.61 bits per heavy atom. The van der Waals surface area contributed by atoms with E-state index >= 15 is 0 Å². The number of fused-ring (bicyclic) bond motifs is 1. The average molecular weight is 435 g/mol. The van der Waals surface area contributed by atoms with Crippen LogP contribution in [-0.2, 0) is 7.05 Å². The molecule has 4 aromatic rings. The number of rotatable bonds is 4. The highest BCUT2D eigenvalue weighted by molar-refractivity contribution is 7.14. The number of hydrogen-bond acceptors (Lipinski definition) is 8. The van der Waals surface area contributed by atoms with E-state index in [2.05, 4.69) is 42.2 Å². The Kier molecular flexibility index (Phi) is 5.08. The Bertz CT molecular complexity index is 1240. The predicted octanol–water partition coefficient (Wildman–Crippen LogP) is 2.49. The van der Waals surface area contributed by atoms with E-state index in [-0.39, 0.29) is 5.91 Å². The monoisotopic (exact) mass is 434 g/mol. The maximum absolute atomic E-state index is 12.7. The van der Waals surface area contributed by atoms with Gasteiger partial charge in [0.05, 0.1) is 11.9 Å². The van der Waals surface area contributed by atoms with Crippen molar-refractivity contribution < 1.29 is 4.79 Å². The number of pyridine rings is 2. The SMILES string of the molecule is CN1CCN(c2nc(C(=O)Nc3cc4cc(-c5cnn(C)c5)ncc4cn3)cs2)CC1. The summed E-state index contributed by atoms with van der Waals surface area (Å²) < 4.78 is 1.74. The average Bonchev–Trinajstić information content (AvgIpc) is 3.43. The summed E-state index contributed by atoms with van der Waals surface area (Å²) in [6, 6.07) is 3.82. The molecule has 1 N–H and O–H groups in total. The van der Waals surface area contributed by atoms with Gasteiger partial charge < -0.3 is 15.1 Å². The van der Waals surface area contributed by atoms with Gasteiger partial charge in [-0.2, -0.15) is 5.10 Å². The van der Waals surface area contributed by atoms with Crippen LogP contribution < -0.4 is 10.2 Å². The quantitative estimate of drug-likeness (QED) is 0.528. The van der Waals surface area contributed by atoms with Gasteiger partial charge in [-0.3, -0.25) is 14.5 Å². The van der Waals surface area contributed by atoms with Crippen LogP contribution in [0.4, 0.5) is 10.9 Å². The molecule has 5 rings (SSSR count). The number of aryl methyl sites for hydroxylation is 1. The third-order valence-electron chi connectivity index (χ3n) is 5.34. The van der Waals surface area contributed by atoms with Crippen molar-refractivity contribution in [3.8, 4) is 11.3 Å². The highest BCUT2D eigenvalue weighted by Gasteiger charge is 2.19. The molecule has 4 aromatic heterocycles. The zero-order valence-electron chi connectivity index (χ0n) is 17.3. The molecule has 0 aliphatic carbocycles. The molecule has 5 heterocycles. The fourth-order valence-corrected chi connectivity index (χ4v) is 4.37. The van der Waals surface area contributed by atoms with Crippen molar-refractivity contribution in [1.82, 2.24) is 29.6 Å². The lowest BCUT2D eigenvalue weighted by Crippen LogP contribution is -2.44. The van der Waals surface area contributed by atoms with Crippen LogP contribution in [0.1, 0.15) is 10.5 Å². The van der Waals surface area contributed by atoms with Crippen molar-refractivity contribution in [2.75, 3.05) is 43.4 Å². The fourth-order valence-electron chi connectivity index (χ4n) is 3.51. The Morgan fingerprint density at radius 2 is 1.84 bits per heavy atom. The van der Waals surface area contributed by atoms with E-state index in [4.69, 9.17) is 0 Å². The Balaban J connectivity index is 1.33. The smallest absolute Gasteiger partial charge is 0.276 e. The Morgan fingerprint density at radius 1 is 1.03 bits per heavy atom. The van der Waals surface area contributed by atoms with Gasteiger partial charge in [0.2, 0.25) is 0 Å². The fraction of sp³-hybridized carbons (Fsp3) is 0.286. The molecule has 1 fully saturated rings.